The molecule has 0 atom stereocenters. The molecule has 0 unspecified atom stereocenters. The number of aromatic carboxylic acids is 1. The van der Waals surface area contributed by atoms with Crippen molar-refractivity contribution in [3.05, 3.63) is 52.7 Å². The molecule has 172 valence electrons. The summed E-state index contributed by atoms with van der Waals surface area (Å²) in [5, 5.41) is 12.3. The summed E-state index contributed by atoms with van der Waals surface area (Å²) < 4.78 is 50.3. The molecule has 2 aromatic carbocycles. The molecule has 6 nitrogen and oxygen atoms in total. The minimum atomic E-state index is -4.58. The highest BCUT2D eigenvalue weighted by Crippen LogP contribution is 2.38. The lowest BCUT2D eigenvalue weighted by Gasteiger charge is -2.22. The maximum atomic E-state index is 13.1. The molecular formula is C23H25F3N2O4. The van der Waals surface area contributed by atoms with Gasteiger partial charge < -0.3 is 19.3 Å². The van der Waals surface area contributed by atoms with E-state index in [0.717, 1.165) is 11.3 Å². The van der Waals surface area contributed by atoms with Gasteiger partial charge in [0.05, 0.1) is 17.6 Å². The number of carboxylic acids is 1. The summed E-state index contributed by atoms with van der Waals surface area (Å²) in [5.41, 5.74) is 1.69. The molecule has 0 saturated carbocycles. The van der Waals surface area contributed by atoms with Crippen LogP contribution in [0.3, 0.4) is 0 Å². The third-order valence-electron chi connectivity index (χ3n) is 5.22. The van der Waals surface area contributed by atoms with Crippen molar-refractivity contribution in [3.63, 3.8) is 0 Å². The van der Waals surface area contributed by atoms with Crippen LogP contribution in [0, 0.1) is 6.92 Å². The zero-order valence-corrected chi connectivity index (χ0v) is 18.1. The van der Waals surface area contributed by atoms with Crippen LogP contribution in [0.25, 0.3) is 11.0 Å². The molecule has 0 fully saturated rings. The van der Waals surface area contributed by atoms with E-state index in [9.17, 15) is 18.0 Å². The van der Waals surface area contributed by atoms with Crippen LogP contribution in [0.4, 0.5) is 18.9 Å². The number of halogens is 3. The van der Waals surface area contributed by atoms with Gasteiger partial charge in [-0.1, -0.05) is 18.5 Å². The number of alkyl halides is 3. The summed E-state index contributed by atoms with van der Waals surface area (Å²) in [6, 6.07) is 7.84. The number of benzene rings is 2. The van der Waals surface area contributed by atoms with Crippen molar-refractivity contribution < 1.29 is 32.3 Å². The largest absolute Gasteiger partial charge is 0.493 e. The zero-order chi connectivity index (χ0) is 23.5. The lowest BCUT2D eigenvalue weighted by atomic mass is 10.0. The smallest absolute Gasteiger partial charge is 0.437 e. The SMILES string of the molecule is CCCc1c(OCCCN(C)c2ccc(C(=O)O)cc2C)ccc2c(C(F)(F)F)noc12. The molecule has 3 aromatic rings. The van der Waals surface area contributed by atoms with Crippen LogP contribution in [-0.2, 0) is 12.6 Å². The van der Waals surface area contributed by atoms with E-state index >= 15 is 0 Å². The Morgan fingerprint density at radius 3 is 2.62 bits per heavy atom. The van der Waals surface area contributed by atoms with E-state index in [4.69, 9.17) is 14.4 Å². The second-order valence-corrected chi connectivity index (χ2v) is 7.63. The lowest BCUT2D eigenvalue weighted by molar-refractivity contribution is -0.141. The summed E-state index contributed by atoms with van der Waals surface area (Å²) >= 11 is 0. The van der Waals surface area contributed by atoms with Crippen molar-refractivity contribution in [3.8, 4) is 5.75 Å². The van der Waals surface area contributed by atoms with E-state index in [2.05, 4.69) is 5.16 Å². The molecule has 9 heteroatoms. The Bertz CT molecular complexity index is 1110. The lowest BCUT2D eigenvalue weighted by Crippen LogP contribution is -2.21. The minimum absolute atomic E-state index is 0.0617. The van der Waals surface area contributed by atoms with Gasteiger partial charge in [-0.15, -0.1) is 0 Å². The predicted octanol–water partition coefficient (Wildman–Crippen LogP) is 5.71. The Morgan fingerprint density at radius 1 is 1.25 bits per heavy atom. The highest BCUT2D eigenvalue weighted by Gasteiger charge is 2.37. The predicted molar refractivity (Wildman–Crippen MR) is 115 cm³/mol. The number of rotatable bonds is 9. The average Bonchev–Trinajstić information content (AvgIpc) is 3.17. The van der Waals surface area contributed by atoms with Gasteiger partial charge in [0.15, 0.2) is 11.3 Å². The highest BCUT2D eigenvalue weighted by molar-refractivity contribution is 5.88. The van der Waals surface area contributed by atoms with Gasteiger partial charge in [0.2, 0.25) is 0 Å². The van der Waals surface area contributed by atoms with Crippen LogP contribution in [0.5, 0.6) is 5.75 Å². The van der Waals surface area contributed by atoms with Gasteiger partial charge in [-0.2, -0.15) is 13.2 Å². The number of carbonyl (C=O) groups is 1. The van der Waals surface area contributed by atoms with Crippen LogP contribution < -0.4 is 9.64 Å². The Hall–Kier alpha value is -3.23. The second kappa shape index (κ2) is 9.50. The average molecular weight is 450 g/mol. The normalized spacial score (nSPS) is 11.7. The van der Waals surface area contributed by atoms with E-state index in [1.807, 2.05) is 25.8 Å². The standard InChI is InChI=1S/C23H25F3N2O4/c1-4-6-16-19(10-8-17-20(16)32-27-21(17)23(24,25)26)31-12-5-11-28(3)18-9-7-15(22(29)30)13-14(18)2/h7-10,13H,4-6,11-12H2,1-3H3,(H,29,30). The van der Waals surface area contributed by atoms with Gasteiger partial charge in [-0.25, -0.2) is 4.79 Å². The van der Waals surface area contributed by atoms with Crippen LogP contribution in [-0.4, -0.2) is 36.4 Å². The van der Waals surface area contributed by atoms with Crippen molar-refractivity contribution in [2.24, 2.45) is 0 Å². The van der Waals surface area contributed by atoms with E-state index in [1.165, 1.54) is 12.1 Å². The number of hydrogen-bond acceptors (Lipinski definition) is 5. The second-order valence-electron chi connectivity index (χ2n) is 7.63. The number of aromatic nitrogens is 1. The Kier molecular flexibility index (Phi) is 6.96. The Morgan fingerprint density at radius 2 is 2.00 bits per heavy atom. The molecule has 0 radical (unpaired) electrons. The number of carboxylic acid groups (broad SMARTS) is 1. The molecule has 0 aliphatic carbocycles. The first-order valence-corrected chi connectivity index (χ1v) is 10.3. The van der Waals surface area contributed by atoms with Gasteiger partial charge in [0.25, 0.3) is 0 Å². The minimum Gasteiger partial charge on any atom is -0.493 e. The fraction of sp³-hybridized carbons (Fsp3) is 0.391. The molecule has 1 N–H and O–H groups in total. The van der Waals surface area contributed by atoms with E-state index < -0.39 is 17.8 Å². The van der Waals surface area contributed by atoms with E-state index in [0.29, 0.717) is 43.7 Å². The van der Waals surface area contributed by atoms with Gasteiger partial charge in [-0.05, 0) is 55.7 Å². The number of ether oxygens (including phenoxy) is 1. The van der Waals surface area contributed by atoms with Crippen LogP contribution in [0.1, 0.15) is 46.9 Å². The fourth-order valence-electron chi connectivity index (χ4n) is 3.69. The maximum absolute atomic E-state index is 13.1. The number of nitrogens with zero attached hydrogens (tertiary/aromatic N) is 2. The van der Waals surface area contributed by atoms with Crippen LogP contribution in [0.2, 0.25) is 0 Å². The number of hydrogen-bond donors (Lipinski definition) is 1. The molecular weight excluding hydrogens is 425 g/mol. The summed E-state index contributed by atoms with van der Waals surface area (Å²) in [6.07, 6.45) is -2.70. The van der Waals surface area contributed by atoms with Crippen molar-refractivity contribution in [2.75, 3.05) is 25.1 Å². The number of anilines is 1. The highest BCUT2D eigenvalue weighted by atomic mass is 19.4. The molecule has 0 saturated heterocycles. The zero-order valence-electron chi connectivity index (χ0n) is 18.1. The molecule has 3 rings (SSSR count). The first-order chi connectivity index (χ1) is 15.1. The van der Waals surface area contributed by atoms with Gasteiger partial charge in [-0.3, -0.25) is 0 Å². The van der Waals surface area contributed by atoms with E-state index in [-0.39, 0.29) is 16.5 Å². The molecule has 0 aliphatic rings. The maximum Gasteiger partial charge on any atom is 0.437 e. The summed E-state index contributed by atoms with van der Waals surface area (Å²) in [4.78, 5) is 13.1. The quantitative estimate of drug-likeness (QED) is 0.421. The third-order valence-corrected chi connectivity index (χ3v) is 5.22. The number of fused-ring (bicyclic) bond motifs is 1. The molecule has 32 heavy (non-hydrogen) atoms. The molecule has 0 aliphatic heterocycles. The van der Waals surface area contributed by atoms with Gasteiger partial charge in [0.1, 0.15) is 5.75 Å². The van der Waals surface area contributed by atoms with Crippen molar-refractivity contribution >= 4 is 22.6 Å². The third kappa shape index (κ3) is 4.98. The molecule has 0 bridgehead atoms. The van der Waals surface area contributed by atoms with Crippen molar-refractivity contribution in [2.45, 2.75) is 39.3 Å². The van der Waals surface area contributed by atoms with Gasteiger partial charge >= 0.3 is 12.1 Å². The molecule has 1 heterocycles. The Labute approximate surface area is 183 Å². The summed E-state index contributed by atoms with van der Waals surface area (Å²) in [5.74, 6) is -0.474. The topological polar surface area (TPSA) is 75.8 Å². The van der Waals surface area contributed by atoms with Crippen LogP contribution in [0.15, 0.2) is 34.9 Å². The fourth-order valence-corrected chi connectivity index (χ4v) is 3.69. The molecule has 0 amide bonds. The molecule has 0 spiro atoms. The van der Waals surface area contributed by atoms with Crippen LogP contribution >= 0.6 is 0 Å². The first-order valence-electron chi connectivity index (χ1n) is 10.3. The van der Waals surface area contributed by atoms with Gasteiger partial charge in [0, 0.05) is 24.8 Å². The van der Waals surface area contributed by atoms with E-state index in [1.54, 1.807) is 18.2 Å². The van der Waals surface area contributed by atoms with Crippen molar-refractivity contribution in [1.29, 1.82) is 0 Å². The Balaban J connectivity index is 1.67. The number of aryl methyl sites for hydroxylation is 2. The first kappa shape index (κ1) is 23.4. The molecule has 1 aromatic heterocycles. The summed E-state index contributed by atoms with van der Waals surface area (Å²) in [6.45, 7) is 4.79. The monoisotopic (exact) mass is 450 g/mol. The summed E-state index contributed by atoms with van der Waals surface area (Å²) in [7, 11) is 1.91. The van der Waals surface area contributed by atoms with Crippen molar-refractivity contribution in [1.82, 2.24) is 5.16 Å².